The number of aryl methyl sites for hydroxylation is 1. The Labute approximate surface area is 146 Å². The number of urea groups is 1. The van der Waals surface area contributed by atoms with Gasteiger partial charge in [0.1, 0.15) is 18.0 Å². The smallest absolute Gasteiger partial charge is 0.315 e. The number of fused-ring (bicyclic) bond motifs is 1. The zero-order chi connectivity index (χ0) is 17.8. The Bertz CT molecular complexity index is 745. The average molecular weight is 345 g/mol. The fourth-order valence-electron chi connectivity index (χ4n) is 3.42. The van der Waals surface area contributed by atoms with E-state index < -0.39 is 0 Å². The molecule has 1 aromatic carbocycles. The molecule has 0 unspecified atom stereocenters. The van der Waals surface area contributed by atoms with Gasteiger partial charge in [-0.2, -0.15) is 0 Å². The summed E-state index contributed by atoms with van der Waals surface area (Å²) in [6.07, 6.45) is 4.05. The lowest BCUT2D eigenvalue weighted by molar-refractivity contribution is 0.229. The van der Waals surface area contributed by atoms with Crippen molar-refractivity contribution >= 4 is 6.03 Å². The molecule has 0 radical (unpaired) electrons. The lowest BCUT2D eigenvalue weighted by atomic mass is 9.80. The zero-order valence-electron chi connectivity index (χ0n) is 14.6. The molecular weight excluding hydrogens is 321 g/mol. The molecule has 1 aliphatic rings. The number of amides is 2. The van der Waals surface area contributed by atoms with Crippen LogP contribution in [-0.4, -0.2) is 27.3 Å². The molecule has 7 heteroatoms. The minimum Gasteiger partial charge on any atom is -0.336 e. The third-order valence-corrected chi connectivity index (χ3v) is 4.85. The molecule has 0 bridgehead atoms. The van der Waals surface area contributed by atoms with Crippen molar-refractivity contribution in [1.29, 1.82) is 0 Å². The van der Waals surface area contributed by atoms with E-state index in [9.17, 15) is 9.18 Å². The lowest BCUT2D eigenvalue weighted by Crippen LogP contribution is -2.42. The van der Waals surface area contributed by atoms with Crippen molar-refractivity contribution in [3.8, 4) is 0 Å². The van der Waals surface area contributed by atoms with E-state index in [1.165, 1.54) is 6.07 Å². The van der Waals surface area contributed by atoms with Crippen molar-refractivity contribution in [3.63, 3.8) is 0 Å². The van der Waals surface area contributed by atoms with Crippen LogP contribution in [0.3, 0.4) is 0 Å². The van der Waals surface area contributed by atoms with E-state index in [1.54, 1.807) is 12.4 Å². The van der Waals surface area contributed by atoms with Crippen molar-refractivity contribution in [2.75, 3.05) is 6.54 Å². The van der Waals surface area contributed by atoms with Gasteiger partial charge in [0, 0.05) is 19.5 Å². The molecule has 3 rings (SSSR count). The van der Waals surface area contributed by atoms with Crippen LogP contribution in [-0.2, 0) is 19.4 Å². The summed E-state index contributed by atoms with van der Waals surface area (Å²) < 4.78 is 15.9. The fourth-order valence-corrected chi connectivity index (χ4v) is 3.42. The quantitative estimate of drug-likeness (QED) is 0.875. The van der Waals surface area contributed by atoms with Gasteiger partial charge >= 0.3 is 6.03 Å². The highest BCUT2D eigenvalue weighted by Crippen LogP contribution is 2.35. The second-order valence-corrected chi connectivity index (χ2v) is 6.50. The maximum Gasteiger partial charge on any atom is 0.315 e. The van der Waals surface area contributed by atoms with Gasteiger partial charge in [-0.05, 0) is 36.0 Å². The molecule has 2 N–H and O–H groups in total. The summed E-state index contributed by atoms with van der Waals surface area (Å²) >= 11 is 0. The first-order chi connectivity index (χ1) is 12.1. The molecule has 1 heterocycles. The van der Waals surface area contributed by atoms with Gasteiger partial charge in [0.25, 0.3) is 0 Å². The molecule has 2 atom stereocenters. The maximum absolute atomic E-state index is 14.0. The van der Waals surface area contributed by atoms with Crippen molar-refractivity contribution in [2.24, 2.45) is 5.92 Å². The van der Waals surface area contributed by atoms with Gasteiger partial charge in [-0.3, -0.25) is 0 Å². The number of benzene rings is 1. The van der Waals surface area contributed by atoms with Crippen LogP contribution < -0.4 is 10.6 Å². The maximum atomic E-state index is 14.0. The molecule has 0 saturated heterocycles. The average Bonchev–Trinajstić information content (AvgIpc) is 3.05. The monoisotopic (exact) mass is 345 g/mol. The largest absolute Gasteiger partial charge is 0.336 e. The fraction of sp³-hybridized carbons (Fsp3) is 0.500. The normalized spacial score (nSPS) is 19.3. The highest BCUT2D eigenvalue weighted by Gasteiger charge is 2.29. The van der Waals surface area contributed by atoms with Crippen molar-refractivity contribution in [3.05, 3.63) is 47.3 Å². The molecule has 2 amide bonds. The molecule has 1 aromatic heterocycles. The third kappa shape index (κ3) is 3.81. The molecule has 6 nitrogen and oxygen atoms in total. The minimum atomic E-state index is -0.236. The number of nitrogens with zero attached hydrogens (tertiary/aromatic N) is 3. The minimum absolute atomic E-state index is 0.166. The molecule has 0 aliphatic heterocycles. The van der Waals surface area contributed by atoms with E-state index in [-0.39, 0.29) is 23.8 Å². The van der Waals surface area contributed by atoms with Crippen molar-refractivity contribution in [1.82, 2.24) is 25.4 Å². The van der Waals surface area contributed by atoms with Crippen LogP contribution in [0.1, 0.15) is 43.3 Å². The Morgan fingerprint density at radius 2 is 2.28 bits per heavy atom. The number of nitrogens with one attached hydrogen (secondary N) is 2. The highest BCUT2D eigenvalue weighted by atomic mass is 19.1. The summed E-state index contributed by atoms with van der Waals surface area (Å²) in [5, 5.41) is 13.8. The first-order valence-corrected chi connectivity index (χ1v) is 8.78. The second kappa shape index (κ2) is 7.63. The highest BCUT2D eigenvalue weighted by molar-refractivity contribution is 5.74. The third-order valence-electron chi connectivity index (χ3n) is 4.85. The zero-order valence-corrected chi connectivity index (χ0v) is 14.6. The summed E-state index contributed by atoms with van der Waals surface area (Å²) in [7, 11) is 0. The number of hydrogen-bond donors (Lipinski definition) is 2. The predicted molar refractivity (Wildman–Crippen MR) is 92.6 cm³/mol. The molecular formula is C18H24FN5O. The summed E-state index contributed by atoms with van der Waals surface area (Å²) in [6.45, 7) is 5.20. The van der Waals surface area contributed by atoms with E-state index in [2.05, 4.69) is 27.8 Å². The Morgan fingerprint density at radius 1 is 1.44 bits per heavy atom. The van der Waals surface area contributed by atoms with E-state index in [4.69, 9.17) is 0 Å². The topological polar surface area (TPSA) is 71.8 Å². The standard InChI is InChI=1S/C18H24FN5O/c1-3-16-23-21-11-24(16)10-9-20-18(25)22-17-12(2)7-8-13-14(17)5-4-6-15(13)19/h4-6,11-12,17H,3,7-10H2,1-2H3,(H2,20,22,25)/t12-,17-/m1/s1. The van der Waals surface area contributed by atoms with Gasteiger partial charge in [-0.15, -0.1) is 10.2 Å². The number of halogens is 1. The predicted octanol–water partition coefficient (Wildman–Crippen LogP) is 2.60. The number of aromatic nitrogens is 3. The van der Waals surface area contributed by atoms with Gasteiger partial charge < -0.3 is 15.2 Å². The Hall–Kier alpha value is -2.44. The number of rotatable bonds is 5. The molecule has 2 aromatic rings. The Kier molecular flexibility index (Phi) is 5.31. The molecule has 1 aliphatic carbocycles. The van der Waals surface area contributed by atoms with E-state index in [1.807, 2.05) is 17.6 Å². The Balaban J connectivity index is 1.59. The number of carbonyl (C=O) groups excluding carboxylic acids is 1. The van der Waals surface area contributed by atoms with Gasteiger partial charge in [-0.25, -0.2) is 9.18 Å². The van der Waals surface area contributed by atoms with Crippen molar-refractivity contribution < 1.29 is 9.18 Å². The summed E-state index contributed by atoms with van der Waals surface area (Å²) in [5.74, 6) is 0.980. The van der Waals surface area contributed by atoms with Crippen molar-refractivity contribution in [2.45, 2.75) is 45.7 Å². The molecule has 0 saturated carbocycles. The van der Waals surface area contributed by atoms with Gasteiger partial charge in [0.2, 0.25) is 0 Å². The molecule has 25 heavy (non-hydrogen) atoms. The number of hydrogen-bond acceptors (Lipinski definition) is 3. The van der Waals surface area contributed by atoms with Crippen LogP contribution in [0.5, 0.6) is 0 Å². The van der Waals surface area contributed by atoms with Crippen LogP contribution in [0.25, 0.3) is 0 Å². The van der Waals surface area contributed by atoms with E-state index in [0.717, 1.165) is 36.2 Å². The van der Waals surface area contributed by atoms with Gasteiger partial charge in [0.05, 0.1) is 6.04 Å². The lowest BCUT2D eigenvalue weighted by Gasteiger charge is -2.32. The Morgan fingerprint density at radius 3 is 3.08 bits per heavy atom. The second-order valence-electron chi connectivity index (χ2n) is 6.50. The van der Waals surface area contributed by atoms with Crippen LogP contribution in [0.2, 0.25) is 0 Å². The van der Waals surface area contributed by atoms with Crippen LogP contribution in [0.15, 0.2) is 24.5 Å². The van der Waals surface area contributed by atoms with E-state index in [0.29, 0.717) is 13.1 Å². The van der Waals surface area contributed by atoms with Gasteiger partial charge in [0.15, 0.2) is 0 Å². The van der Waals surface area contributed by atoms with Crippen LogP contribution in [0.4, 0.5) is 9.18 Å². The van der Waals surface area contributed by atoms with Crippen LogP contribution in [0, 0.1) is 11.7 Å². The summed E-state index contributed by atoms with van der Waals surface area (Å²) in [4.78, 5) is 12.3. The first kappa shape index (κ1) is 17.4. The first-order valence-electron chi connectivity index (χ1n) is 8.78. The SMILES string of the molecule is CCc1nncn1CCNC(=O)N[C@H]1c2cccc(F)c2CC[C@H]1C. The molecule has 134 valence electrons. The van der Waals surface area contributed by atoms with Gasteiger partial charge in [-0.1, -0.05) is 26.0 Å². The van der Waals surface area contributed by atoms with E-state index >= 15 is 0 Å². The number of carbonyl (C=O) groups is 1. The van der Waals surface area contributed by atoms with Crippen LogP contribution >= 0.6 is 0 Å². The molecule has 0 fully saturated rings. The summed E-state index contributed by atoms with van der Waals surface area (Å²) in [5.41, 5.74) is 1.61. The summed E-state index contributed by atoms with van der Waals surface area (Å²) in [6, 6.07) is 4.69. The molecule has 0 spiro atoms.